The van der Waals surface area contributed by atoms with Gasteiger partial charge in [0.2, 0.25) is 0 Å². The second-order valence-corrected chi connectivity index (χ2v) is 8.13. The predicted molar refractivity (Wildman–Crippen MR) is 77.5 cm³/mol. The normalized spacial score (nSPS) is 45.0. The summed E-state index contributed by atoms with van der Waals surface area (Å²) in [5.41, 5.74) is 6.56. The van der Waals surface area contributed by atoms with E-state index in [1.165, 1.54) is 6.42 Å². The minimum absolute atomic E-state index is 0.00253. The second kappa shape index (κ2) is 4.22. The lowest BCUT2D eigenvalue weighted by Crippen LogP contribution is -2.65. The lowest BCUT2D eigenvalue weighted by atomic mass is 9.43. The molecular formula is C15H28BNO2. The van der Waals surface area contributed by atoms with Gasteiger partial charge in [-0.15, -0.1) is 0 Å². The van der Waals surface area contributed by atoms with Crippen LogP contribution >= 0.6 is 0 Å². The summed E-state index contributed by atoms with van der Waals surface area (Å²) >= 11 is 0. The molecule has 0 aromatic rings. The molecule has 2 N–H and O–H groups in total. The quantitative estimate of drug-likeness (QED) is 0.798. The van der Waals surface area contributed by atoms with Gasteiger partial charge in [-0.05, 0) is 49.4 Å². The summed E-state index contributed by atoms with van der Waals surface area (Å²) in [6.45, 7) is 11.4. The molecule has 1 aliphatic heterocycles. The molecule has 0 spiro atoms. The third-order valence-electron chi connectivity index (χ3n) is 6.06. The molecule has 2 bridgehead atoms. The molecule has 4 fully saturated rings. The summed E-state index contributed by atoms with van der Waals surface area (Å²) in [6, 6.07) is 0. The first-order valence-corrected chi connectivity index (χ1v) is 7.84. The van der Waals surface area contributed by atoms with Gasteiger partial charge in [0.15, 0.2) is 0 Å². The molecule has 3 aliphatic carbocycles. The van der Waals surface area contributed by atoms with Crippen LogP contribution in [0.15, 0.2) is 0 Å². The molecule has 1 saturated heterocycles. The molecule has 4 rings (SSSR count). The van der Waals surface area contributed by atoms with E-state index in [0.717, 1.165) is 18.8 Å². The van der Waals surface area contributed by atoms with Crippen LogP contribution in [0.2, 0.25) is 0 Å². The summed E-state index contributed by atoms with van der Waals surface area (Å²) in [5, 5.41) is 0. The number of hydrogen-bond donors (Lipinski definition) is 1. The maximum atomic E-state index is 6.35. The Morgan fingerprint density at radius 2 is 1.95 bits per heavy atom. The first-order chi connectivity index (χ1) is 8.75. The van der Waals surface area contributed by atoms with E-state index in [9.17, 15) is 0 Å². The van der Waals surface area contributed by atoms with Gasteiger partial charge in [-0.25, -0.2) is 0 Å². The van der Waals surface area contributed by atoms with E-state index in [1.807, 2.05) is 0 Å². The van der Waals surface area contributed by atoms with Crippen molar-refractivity contribution >= 4 is 7.12 Å². The number of hydrogen-bond acceptors (Lipinski definition) is 3. The zero-order valence-corrected chi connectivity index (χ0v) is 13.0. The molecule has 0 aromatic heterocycles. The van der Waals surface area contributed by atoms with Crippen molar-refractivity contribution in [1.82, 2.24) is 0 Å². The van der Waals surface area contributed by atoms with Crippen molar-refractivity contribution in [3.63, 3.8) is 0 Å². The van der Waals surface area contributed by atoms with Crippen LogP contribution < -0.4 is 5.73 Å². The Morgan fingerprint density at radius 3 is 2.53 bits per heavy atom. The highest BCUT2D eigenvalue weighted by molar-refractivity contribution is 6.47. The Labute approximate surface area is 117 Å². The van der Waals surface area contributed by atoms with E-state index in [4.69, 9.17) is 15.0 Å². The van der Waals surface area contributed by atoms with Crippen molar-refractivity contribution < 1.29 is 9.31 Å². The average Bonchev–Trinajstić information content (AvgIpc) is 2.64. The van der Waals surface area contributed by atoms with E-state index in [-0.39, 0.29) is 24.8 Å². The first kappa shape index (κ1) is 13.9. The summed E-state index contributed by atoms with van der Waals surface area (Å²) < 4.78 is 12.5. The fourth-order valence-corrected chi connectivity index (χ4v) is 4.74. The van der Waals surface area contributed by atoms with Crippen LogP contribution in [0.1, 0.15) is 53.9 Å². The molecule has 3 nitrogen and oxygen atoms in total. The summed E-state index contributed by atoms with van der Waals surface area (Å²) in [4.78, 5) is 0. The zero-order chi connectivity index (χ0) is 14.0. The van der Waals surface area contributed by atoms with Gasteiger partial charge in [0.1, 0.15) is 0 Å². The van der Waals surface area contributed by atoms with Crippen molar-refractivity contribution in [3.05, 3.63) is 0 Å². The van der Waals surface area contributed by atoms with Crippen LogP contribution in [-0.4, -0.2) is 24.8 Å². The molecule has 0 radical (unpaired) electrons. The summed E-state index contributed by atoms with van der Waals surface area (Å²) in [7, 11) is -0.201. The Bertz CT molecular complexity index is 373. The molecule has 0 unspecified atom stereocenters. The van der Waals surface area contributed by atoms with Gasteiger partial charge >= 0.3 is 7.12 Å². The highest BCUT2D eigenvalue weighted by Gasteiger charge is 2.68. The Balaban J connectivity index is 1.74. The summed E-state index contributed by atoms with van der Waals surface area (Å²) in [6.07, 6.45) is 3.67. The highest BCUT2D eigenvalue weighted by atomic mass is 16.7. The first-order valence-electron chi connectivity index (χ1n) is 7.84. The number of rotatable bonds is 3. The van der Waals surface area contributed by atoms with E-state index < -0.39 is 0 Å². The van der Waals surface area contributed by atoms with Gasteiger partial charge < -0.3 is 15.0 Å². The Morgan fingerprint density at radius 1 is 1.26 bits per heavy atom. The van der Waals surface area contributed by atoms with Gasteiger partial charge in [0.05, 0.1) is 11.7 Å². The fraction of sp³-hybridized carbons (Fsp3) is 1.00. The molecule has 0 aromatic carbocycles. The maximum absolute atomic E-state index is 6.35. The standard InChI is InChI=1S/C15H28BNO2/c1-9(2)6-13(17)16-18-12-8-10-7-11(14(10,3)4)15(12,5)19-16/h9-13H,6-8,17H2,1-5H3/t10-,11-,12-,13-,15+/m1/s1. The van der Waals surface area contributed by atoms with Crippen molar-refractivity contribution in [1.29, 1.82) is 0 Å². The molecular weight excluding hydrogens is 237 g/mol. The monoisotopic (exact) mass is 265 g/mol. The molecule has 1 heterocycles. The molecule has 4 heteroatoms. The predicted octanol–water partition coefficient (Wildman–Crippen LogP) is 2.63. The number of nitrogens with two attached hydrogens (primary N) is 1. The van der Waals surface area contributed by atoms with E-state index in [0.29, 0.717) is 17.3 Å². The second-order valence-electron chi connectivity index (χ2n) is 8.13. The van der Waals surface area contributed by atoms with Crippen LogP contribution in [0.5, 0.6) is 0 Å². The Kier molecular flexibility index (Phi) is 3.09. The molecule has 108 valence electrons. The van der Waals surface area contributed by atoms with Crippen LogP contribution in [0, 0.1) is 23.2 Å². The van der Waals surface area contributed by atoms with E-state index in [1.54, 1.807) is 0 Å². The molecule has 3 saturated carbocycles. The van der Waals surface area contributed by atoms with Gasteiger partial charge in [0, 0.05) is 5.94 Å². The minimum atomic E-state index is -0.201. The van der Waals surface area contributed by atoms with Crippen LogP contribution in [0.4, 0.5) is 0 Å². The largest absolute Gasteiger partial charge is 0.475 e. The lowest BCUT2D eigenvalue weighted by molar-refractivity contribution is -0.199. The minimum Gasteiger partial charge on any atom is -0.404 e. The van der Waals surface area contributed by atoms with Gasteiger partial charge in [-0.3, -0.25) is 0 Å². The van der Waals surface area contributed by atoms with Crippen LogP contribution in [0.3, 0.4) is 0 Å². The smallest absolute Gasteiger partial charge is 0.404 e. The maximum Gasteiger partial charge on any atom is 0.475 e. The topological polar surface area (TPSA) is 44.5 Å². The average molecular weight is 265 g/mol. The summed E-state index contributed by atoms with van der Waals surface area (Å²) in [5.74, 6) is 2.02. The van der Waals surface area contributed by atoms with Gasteiger partial charge in [-0.2, -0.15) is 0 Å². The van der Waals surface area contributed by atoms with Crippen LogP contribution in [0.25, 0.3) is 0 Å². The van der Waals surface area contributed by atoms with Crippen molar-refractivity contribution in [3.8, 4) is 0 Å². The molecule has 0 amide bonds. The van der Waals surface area contributed by atoms with E-state index >= 15 is 0 Å². The van der Waals surface area contributed by atoms with Crippen molar-refractivity contribution in [2.24, 2.45) is 28.9 Å². The molecule has 4 aliphatic rings. The third kappa shape index (κ3) is 1.90. The fourth-order valence-electron chi connectivity index (χ4n) is 4.74. The third-order valence-corrected chi connectivity index (χ3v) is 6.06. The van der Waals surface area contributed by atoms with Crippen LogP contribution in [-0.2, 0) is 9.31 Å². The van der Waals surface area contributed by atoms with Crippen molar-refractivity contribution in [2.45, 2.75) is 71.5 Å². The molecule has 5 atom stereocenters. The SMILES string of the molecule is CC(C)C[C@@H](N)B1O[C@@H]2C[C@H]3C[C@H](C3(C)C)[C@]2(C)O1. The highest BCUT2D eigenvalue weighted by Crippen LogP contribution is 2.65. The van der Waals surface area contributed by atoms with E-state index in [2.05, 4.69) is 34.6 Å². The van der Waals surface area contributed by atoms with Gasteiger partial charge in [-0.1, -0.05) is 27.7 Å². The van der Waals surface area contributed by atoms with Crippen molar-refractivity contribution in [2.75, 3.05) is 0 Å². The zero-order valence-electron chi connectivity index (χ0n) is 13.0. The Hall–Kier alpha value is -0.0551. The lowest BCUT2D eigenvalue weighted by Gasteiger charge is -2.64. The molecule has 19 heavy (non-hydrogen) atoms. The van der Waals surface area contributed by atoms with Gasteiger partial charge in [0.25, 0.3) is 0 Å².